The number of carbonyl (C=O) groups is 2. The lowest BCUT2D eigenvalue weighted by molar-refractivity contribution is 0.0846. The number of phenols is 1. The molecular formula is C14H11ClN2O3. The van der Waals surface area contributed by atoms with E-state index in [1.807, 2.05) is 0 Å². The van der Waals surface area contributed by atoms with Crippen LogP contribution in [0.1, 0.15) is 20.7 Å². The zero-order valence-corrected chi connectivity index (χ0v) is 11.0. The topological polar surface area (TPSA) is 78.4 Å². The molecule has 2 rings (SSSR count). The van der Waals surface area contributed by atoms with Gasteiger partial charge in [0.1, 0.15) is 5.75 Å². The molecule has 0 aromatic heterocycles. The van der Waals surface area contributed by atoms with E-state index in [9.17, 15) is 14.7 Å². The predicted octanol–water partition coefficient (Wildman–Crippen LogP) is 2.12. The lowest BCUT2D eigenvalue weighted by Crippen LogP contribution is -2.41. The summed E-state index contributed by atoms with van der Waals surface area (Å²) in [6.45, 7) is 0. The molecule has 0 unspecified atom stereocenters. The molecule has 0 saturated carbocycles. The molecule has 5 nitrogen and oxygen atoms in total. The summed E-state index contributed by atoms with van der Waals surface area (Å²) in [6, 6.07) is 12.0. The van der Waals surface area contributed by atoms with Gasteiger partial charge in [-0.1, -0.05) is 17.7 Å². The number of rotatable bonds is 2. The summed E-state index contributed by atoms with van der Waals surface area (Å²) in [5.74, 6) is -1.01. The number of amides is 2. The van der Waals surface area contributed by atoms with Crippen LogP contribution in [0, 0.1) is 0 Å². The number of aromatic hydroxyl groups is 1. The first kappa shape index (κ1) is 13.9. The molecule has 0 fully saturated rings. The van der Waals surface area contributed by atoms with Gasteiger partial charge in [-0.2, -0.15) is 0 Å². The monoisotopic (exact) mass is 290 g/mol. The number of benzene rings is 2. The van der Waals surface area contributed by atoms with Gasteiger partial charge in [-0.15, -0.1) is 0 Å². The molecule has 0 aliphatic heterocycles. The minimum atomic E-state index is -0.525. The Morgan fingerprint density at radius 1 is 0.900 bits per heavy atom. The third kappa shape index (κ3) is 3.49. The highest BCUT2D eigenvalue weighted by Crippen LogP contribution is 2.11. The first-order valence-corrected chi connectivity index (χ1v) is 6.09. The van der Waals surface area contributed by atoms with E-state index in [-0.39, 0.29) is 11.3 Å². The first-order chi connectivity index (χ1) is 9.56. The minimum absolute atomic E-state index is 0.0262. The van der Waals surface area contributed by atoms with Crippen LogP contribution in [-0.4, -0.2) is 16.9 Å². The molecule has 0 radical (unpaired) electrons. The van der Waals surface area contributed by atoms with Crippen molar-refractivity contribution in [3.63, 3.8) is 0 Å². The normalized spacial score (nSPS) is 9.85. The number of hydrogen-bond acceptors (Lipinski definition) is 3. The average Bonchev–Trinajstić information content (AvgIpc) is 2.45. The van der Waals surface area contributed by atoms with Crippen LogP contribution in [0.5, 0.6) is 5.75 Å². The summed E-state index contributed by atoms with van der Waals surface area (Å²) in [5.41, 5.74) is 5.13. The van der Waals surface area contributed by atoms with Crippen LogP contribution in [0.25, 0.3) is 0 Å². The molecule has 0 atom stereocenters. The van der Waals surface area contributed by atoms with E-state index in [0.29, 0.717) is 10.6 Å². The number of carbonyl (C=O) groups excluding carboxylic acids is 2. The highest BCUT2D eigenvalue weighted by atomic mass is 35.5. The van der Waals surface area contributed by atoms with Gasteiger partial charge in [0.05, 0.1) is 0 Å². The molecule has 2 aromatic carbocycles. The van der Waals surface area contributed by atoms with Crippen LogP contribution in [0.4, 0.5) is 0 Å². The van der Waals surface area contributed by atoms with E-state index in [0.717, 1.165) is 0 Å². The summed E-state index contributed by atoms with van der Waals surface area (Å²) in [4.78, 5) is 23.5. The lowest BCUT2D eigenvalue weighted by atomic mass is 10.2. The van der Waals surface area contributed by atoms with Crippen LogP contribution in [0.15, 0.2) is 48.5 Å². The van der Waals surface area contributed by atoms with Crippen molar-refractivity contribution in [2.75, 3.05) is 0 Å². The Bertz CT molecular complexity index is 641. The van der Waals surface area contributed by atoms with Gasteiger partial charge in [-0.05, 0) is 42.5 Å². The molecule has 2 amide bonds. The summed E-state index contributed by atoms with van der Waals surface area (Å²) >= 11 is 5.71. The van der Waals surface area contributed by atoms with Gasteiger partial charge in [-0.25, -0.2) is 0 Å². The van der Waals surface area contributed by atoms with Crippen molar-refractivity contribution < 1.29 is 14.7 Å². The fourth-order valence-electron chi connectivity index (χ4n) is 1.51. The van der Waals surface area contributed by atoms with E-state index >= 15 is 0 Å². The van der Waals surface area contributed by atoms with E-state index in [2.05, 4.69) is 10.9 Å². The Kier molecular flexibility index (Phi) is 4.22. The molecule has 0 heterocycles. The van der Waals surface area contributed by atoms with Gasteiger partial charge >= 0.3 is 0 Å². The second-order valence-corrected chi connectivity index (χ2v) is 4.40. The van der Waals surface area contributed by atoms with Crippen LogP contribution in [-0.2, 0) is 0 Å². The molecule has 2 aromatic rings. The number of nitrogens with one attached hydrogen (secondary N) is 2. The van der Waals surface area contributed by atoms with Crippen molar-refractivity contribution in [1.29, 1.82) is 0 Å². The van der Waals surface area contributed by atoms with Crippen molar-refractivity contribution >= 4 is 23.4 Å². The molecule has 0 saturated heterocycles. The zero-order valence-electron chi connectivity index (χ0n) is 10.3. The van der Waals surface area contributed by atoms with Crippen LogP contribution >= 0.6 is 11.6 Å². The largest absolute Gasteiger partial charge is 0.508 e. The molecule has 102 valence electrons. The van der Waals surface area contributed by atoms with Crippen LogP contribution in [0.3, 0.4) is 0 Å². The molecule has 3 N–H and O–H groups in total. The number of hydrazine groups is 1. The highest BCUT2D eigenvalue weighted by molar-refractivity contribution is 6.30. The summed E-state index contributed by atoms with van der Waals surface area (Å²) in [7, 11) is 0. The Labute approximate surface area is 120 Å². The maximum atomic E-state index is 11.7. The van der Waals surface area contributed by atoms with Gasteiger partial charge in [0.25, 0.3) is 11.8 Å². The maximum Gasteiger partial charge on any atom is 0.269 e. The van der Waals surface area contributed by atoms with Gasteiger partial charge in [-0.3, -0.25) is 20.4 Å². The van der Waals surface area contributed by atoms with Crippen molar-refractivity contribution in [1.82, 2.24) is 10.9 Å². The Morgan fingerprint density at radius 3 is 2.10 bits per heavy atom. The lowest BCUT2D eigenvalue weighted by Gasteiger charge is -2.07. The maximum absolute atomic E-state index is 11.7. The fourth-order valence-corrected chi connectivity index (χ4v) is 1.63. The standard InChI is InChI=1S/C14H11ClN2O3/c15-11-6-4-9(5-7-11)13(19)16-17-14(20)10-2-1-3-12(18)8-10/h1-8,18H,(H,16,19)(H,17,20). The van der Waals surface area contributed by atoms with Crippen molar-refractivity contribution in [3.05, 3.63) is 64.7 Å². The Balaban J connectivity index is 1.96. The van der Waals surface area contributed by atoms with Gasteiger partial charge < -0.3 is 5.11 Å². The third-order valence-electron chi connectivity index (χ3n) is 2.50. The Hall–Kier alpha value is -2.53. The van der Waals surface area contributed by atoms with Crippen LogP contribution < -0.4 is 10.9 Å². The van der Waals surface area contributed by atoms with Crippen LogP contribution in [0.2, 0.25) is 5.02 Å². The molecule has 0 aliphatic carbocycles. The van der Waals surface area contributed by atoms with E-state index in [1.54, 1.807) is 12.1 Å². The van der Waals surface area contributed by atoms with Crippen molar-refractivity contribution in [2.45, 2.75) is 0 Å². The number of hydrogen-bond donors (Lipinski definition) is 3. The van der Waals surface area contributed by atoms with Gasteiger partial charge in [0, 0.05) is 16.1 Å². The molecule has 6 heteroatoms. The molecular weight excluding hydrogens is 280 g/mol. The average molecular weight is 291 g/mol. The van der Waals surface area contributed by atoms with E-state index in [4.69, 9.17) is 11.6 Å². The smallest absolute Gasteiger partial charge is 0.269 e. The van der Waals surface area contributed by atoms with E-state index in [1.165, 1.54) is 36.4 Å². The first-order valence-electron chi connectivity index (χ1n) is 5.71. The Morgan fingerprint density at radius 2 is 1.50 bits per heavy atom. The van der Waals surface area contributed by atoms with Gasteiger partial charge in [0.15, 0.2) is 0 Å². The number of halogens is 1. The van der Waals surface area contributed by atoms with Gasteiger partial charge in [0.2, 0.25) is 0 Å². The van der Waals surface area contributed by atoms with E-state index < -0.39 is 11.8 Å². The zero-order chi connectivity index (χ0) is 14.5. The predicted molar refractivity (Wildman–Crippen MR) is 74.5 cm³/mol. The third-order valence-corrected chi connectivity index (χ3v) is 2.76. The molecule has 0 spiro atoms. The summed E-state index contributed by atoms with van der Waals surface area (Å²) < 4.78 is 0. The fraction of sp³-hybridized carbons (Fsp3) is 0. The minimum Gasteiger partial charge on any atom is -0.508 e. The summed E-state index contributed by atoms with van der Waals surface area (Å²) in [6.07, 6.45) is 0. The summed E-state index contributed by atoms with van der Waals surface area (Å²) in [5, 5.41) is 9.78. The van der Waals surface area contributed by atoms with Crippen molar-refractivity contribution in [3.8, 4) is 5.75 Å². The number of phenolic OH excluding ortho intramolecular Hbond substituents is 1. The highest BCUT2D eigenvalue weighted by Gasteiger charge is 2.09. The second kappa shape index (κ2) is 6.08. The SMILES string of the molecule is O=C(NNC(=O)c1cccc(O)c1)c1ccc(Cl)cc1. The molecule has 0 aliphatic rings. The molecule has 0 bridgehead atoms. The molecule has 20 heavy (non-hydrogen) atoms. The van der Waals surface area contributed by atoms with Crippen molar-refractivity contribution in [2.24, 2.45) is 0 Å². The second-order valence-electron chi connectivity index (χ2n) is 3.97. The quantitative estimate of drug-likeness (QED) is 0.741.